The summed E-state index contributed by atoms with van der Waals surface area (Å²) in [5, 5.41) is 8.35. The molecule has 140 valence electrons. The van der Waals surface area contributed by atoms with Gasteiger partial charge in [0.2, 0.25) is 5.91 Å². The predicted molar refractivity (Wildman–Crippen MR) is 97.1 cm³/mol. The number of amides is 3. The van der Waals surface area contributed by atoms with Crippen molar-refractivity contribution in [3.05, 3.63) is 0 Å². The zero-order chi connectivity index (χ0) is 17.8. The van der Waals surface area contributed by atoms with Gasteiger partial charge in [0.25, 0.3) is 0 Å². The van der Waals surface area contributed by atoms with Crippen LogP contribution in [0.1, 0.15) is 40.0 Å². The van der Waals surface area contributed by atoms with Gasteiger partial charge in [-0.3, -0.25) is 4.79 Å². The predicted octanol–water partition coefficient (Wildman–Crippen LogP) is 0.618. The summed E-state index contributed by atoms with van der Waals surface area (Å²) in [6.07, 6.45) is 2.40. The van der Waals surface area contributed by atoms with Gasteiger partial charge in [-0.05, 0) is 39.8 Å². The first-order chi connectivity index (χ1) is 11.5. The zero-order valence-electron chi connectivity index (χ0n) is 15.6. The van der Waals surface area contributed by atoms with E-state index in [1.54, 1.807) is 0 Å². The van der Waals surface area contributed by atoms with Crippen LogP contribution in [0.3, 0.4) is 0 Å². The molecular weight excluding hydrogens is 306 g/mol. The number of urea groups is 1. The Labute approximate surface area is 146 Å². The number of hydrogen-bond donors (Lipinski definition) is 3. The van der Waals surface area contributed by atoms with E-state index >= 15 is 0 Å². The number of likely N-dealkylation sites (N-methyl/N-ethyl adjacent to an activating group) is 1. The lowest BCUT2D eigenvalue weighted by atomic mass is 10.2. The van der Waals surface area contributed by atoms with Crippen molar-refractivity contribution in [2.45, 2.75) is 46.1 Å². The Balaban J connectivity index is 1.93. The van der Waals surface area contributed by atoms with Crippen molar-refractivity contribution < 1.29 is 9.59 Å². The van der Waals surface area contributed by atoms with Crippen LogP contribution < -0.4 is 16.0 Å². The molecule has 1 aliphatic heterocycles. The average Bonchev–Trinajstić information content (AvgIpc) is 2.54. The lowest BCUT2D eigenvalue weighted by molar-refractivity contribution is -0.121. The van der Waals surface area contributed by atoms with Crippen molar-refractivity contribution in [3.63, 3.8) is 0 Å². The van der Waals surface area contributed by atoms with Gasteiger partial charge >= 0.3 is 6.03 Å². The molecule has 1 rings (SSSR count). The Kier molecular flexibility index (Phi) is 10.4. The van der Waals surface area contributed by atoms with E-state index in [2.05, 4.69) is 32.7 Å². The summed E-state index contributed by atoms with van der Waals surface area (Å²) in [5.41, 5.74) is 0. The normalized spacial score (nSPS) is 16.2. The fourth-order valence-corrected chi connectivity index (χ4v) is 2.74. The van der Waals surface area contributed by atoms with E-state index in [-0.39, 0.29) is 18.0 Å². The molecule has 1 heterocycles. The van der Waals surface area contributed by atoms with Crippen LogP contribution in [0.15, 0.2) is 0 Å². The second-order valence-corrected chi connectivity index (χ2v) is 6.64. The van der Waals surface area contributed by atoms with Crippen LogP contribution in [0.4, 0.5) is 4.79 Å². The summed E-state index contributed by atoms with van der Waals surface area (Å²) in [5.74, 6) is -0.0338. The standard InChI is InChI=1S/C17H35N5O2/c1-4-21-11-13-22(14-12-21)10-6-5-8-18-17(24)19-9-7-16(23)20-15(2)3/h15H,4-14H2,1-3H3,(H,20,23)(H2,18,19,24). The van der Waals surface area contributed by atoms with Gasteiger partial charge in [0.1, 0.15) is 0 Å². The minimum absolute atomic E-state index is 0.0338. The van der Waals surface area contributed by atoms with E-state index < -0.39 is 0 Å². The molecule has 0 aromatic carbocycles. The van der Waals surface area contributed by atoms with E-state index in [1.807, 2.05) is 13.8 Å². The smallest absolute Gasteiger partial charge is 0.314 e. The largest absolute Gasteiger partial charge is 0.354 e. The summed E-state index contributed by atoms with van der Waals surface area (Å²) < 4.78 is 0. The first-order valence-electron chi connectivity index (χ1n) is 9.27. The van der Waals surface area contributed by atoms with Crippen LogP contribution in [-0.4, -0.2) is 80.1 Å². The minimum Gasteiger partial charge on any atom is -0.354 e. The third kappa shape index (κ3) is 9.72. The van der Waals surface area contributed by atoms with Crippen LogP contribution in [0.25, 0.3) is 0 Å². The fraction of sp³-hybridized carbons (Fsp3) is 0.882. The third-order valence-corrected chi connectivity index (χ3v) is 4.19. The minimum atomic E-state index is -0.191. The van der Waals surface area contributed by atoms with E-state index in [0.717, 1.165) is 39.0 Å². The number of piperazine rings is 1. The van der Waals surface area contributed by atoms with Crippen molar-refractivity contribution in [1.29, 1.82) is 0 Å². The monoisotopic (exact) mass is 341 g/mol. The van der Waals surface area contributed by atoms with Gasteiger partial charge in [-0.25, -0.2) is 4.79 Å². The second-order valence-electron chi connectivity index (χ2n) is 6.64. The molecule has 0 aromatic rings. The maximum Gasteiger partial charge on any atom is 0.314 e. The van der Waals surface area contributed by atoms with E-state index in [1.165, 1.54) is 13.1 Å². The summed E-state index contributed by atoms with van der Waals surface area (Å²) in [6.45, 7) is 14.0. The van der Waals surface area contributed by atoms with Crippen molar-refractivity contribution in [3.8, 4) is 0 Å². The summed E-state index contributed by atoms with van der Waals surface area (Å²) in [4.78, 5) is 28.0. The lowest BCUT2D eigenvalue weighted by Gasteiger charge is -2.33. The van der Waals surface area contributed by atoms with E-state index in [9.17, 15) is 9.59 Å². The number of rotatable bonds is 10. The SMILES string of the molecule is CCN1CCN(CCCCNC(=O)NCCC(=O)NC(C)C)CC1. The Bertz CT molecular complexity index is 368. The number of unbranched alkanes of at least 4 members (excludes halogenated alkanes) is 1. The summed E-state index contributed by atoms with van der Waals surface area (Å²) in [6, 6.07) is -0.0554. The molecule has 3 N–H and O–H groups in total. The zero-order valence-corrected chi connectivity index (χ0v) is 15.6. The summed E-state index contributed by atoms with van der Waals surface area (Å²) in [7, 11) is 0. The van der Waals surface area contributed by atoms with Gasteiger partial charge < -0.3 is 25.8 Å². The van der Waals surface area contributed by atoms with E-state index in [4.69, 9.17) is 0 Å². The van der Waals surface area contributed by atoms with Gasteiger partial charge in [0, 0.05) is 51.7 Å². The Morgan fingerprint density at radius 2 is 1.58 bits per heavy atom. The molecule has 0 unspecified atom stereocenters. The molecule has 0 saturated carbocycles. The average molecular weight is 342 g/mol. The van der Waals surface area contributed by atoms with E-state index in [0.29, 0.717) is 19.5 Å². The molecule has 7 nitrogen and oxygen atoms in total. The second kappa shape index (κ2) is 12.1. The highest BCUT2D eigenvalue weighted by Gasteiger charge is 2.14. The highest BCUT2D eigenvalue weighted by Crippen LogP contribution is 2.02. The Morgan fingerprint density at radius 3 is 2.21 bits per heavy atom. The van der Waals surface area contributed by atoms with Gasteiger partial charge in [0.05, 0.1) is 0 Å². The van der Waals surface area contributed by atoms with Gasteiger partial charge in [0.15, 0.2) is 0 Å². The van der Waals surface area contributed by atoms with Gasteiger partial charge in [-0.15, -0.1) is 0 Å². The van der Waals surface area contributed by atoms with Gasteiger partial charge in [-0.2, -0.15) is 0 Å². The van der Waals surface area contributed by atoms with Crippen LogP contribution in [-0.2, 0) is 4.79 Å². The molecule has 0 radical (unpaired) electrons. The highest BCUT2D eigenvalue weighted by atomic mass is 16.2. The highest BCUT2D eigenvalue weighted by molar-refractivity contribution is 5.78. The first-order valence-corrected chi connectivity index (χ1v) is 9.27. The molecule has 7 heteroatoms. The van der Waals surface area contributed by atoms with Crippen molar-refractivity contribution >= 4 is 11.9 Å². The Hall–Kier alpha value is -1.34. The first kappa shape index (κ1) is 20.7. The Morgan fingerprint density at radius 1 is 0.958 bits per heavy atom. The maximum absolute atomic E-state index is 11.6. The number of nitrogens with zero attached hydrogens (tertiary/aromatic N) is 2. The molecule has 1 aliphatic rings. The molecule has 3 amide bonds. The molecule has 0 atom stereocenters. The van der Waals surface area contributed by atoms with Crippen LogP contribution in [0.2, 0.25) is 0 Å². The molecule has 24 heavy (non-hydrogen) atoms. The number of carbonyl (C=O) groups excluding carboxylic acids is 2. The number of nitrogens with one attached hydrogen (secondary N) is 3. The molecule has 0 bridgehead atoms. The van der Waals surface area contributed by atoms with Crippen LogP contribution >= 0.6 is 0 Å². The van der Waals surface area contributed by atoms with Crippen LogP contribution in [0.5, 0.6) is 0 Å². The number of carbonyl (C=O) groups is 2. The molecule has 1 saturated heterocycles. The molecular formula is C17H35N5O2. The fourth-order valence-electron chi connectivity index (χ4n) is 2.74. The lowest BCUT2D eigenvalue weighted by Crippen LogP contribution is -2.46. The topological polar surface area (TPSA) is 76.7 Å². The molecule has 0 aromatic heterocycles. The van der Waals surface area contributed by atoms with Crippen molar-refractivity contribution in [2.75, 3.05) is 52.4 Å². The summed E-state index contributed by atoms with van der Waals surface area (Å²) >= 11 is 0. The van der Waals surface area contributed by atoms with Gasteiger partial charge in [-0.1, -0.05) is 6.92 Å². The van der Waals surface area contributed by atoms with Crippen molar-refractivity contribution in [1.82, 2.24) is 25.8 Å². The molecule has 1 fully saturated rings. The molecule has 0 spiro atoms. The third-order valence-electron chi connectivity index (χ3n) is 4.19. The quantitative estimate of drug-likeness (QED) is 0.509. The van der Waals surface area contributed by atoms with Crippen molar-refractivity contribution in [2.24, 2.45) is 0 Å². The maximum atomic E-state index is 11.6. The van der Waals surface area contributed by atoms with Crippen LogP contribution in [0, 0.1) is 0 Å². The molecule has 0 aliphatic carbocycles. The number of hydrogen-bond acceptors (Lipinski definition) is 4.